The van der Waals surface area contributed by atoms with Crippen LogP contribution in [0.25, 0.3) is 15.9 Å². The average Bonchev–Trinajstić information content (AvgIpc) is 3.18. The second-order valence-corrected chi connectivity index (χ2v) is 8.59. The van der Waals surface area contributed by atoms with Gasteiger partial charge in [0, 0.05) is 0 Å². The highest BCUT2D eigenvalue weighted by molar-refractivity contribution is 7.99. The number of amides is 1. The Kier molecular flexibility index (Phi) is 5.71. The van der Waals surface area contributed by atoms with E-state index in [2.05, 4.69) is 10.3 Å². The van der Waals surface area contributed by atoms with Gasteiger partial charge in [-0.2, -0.15) is 0 Å². The molecule has 4 rings (SSSR count). The number of nitrogens with zero attached hydrogens (tertiary/aromatic N) is 2. The molecule has 29 heavy (non-hydrogen) atoms. The number of rotatable bonds is 5. The summed E-state index contributed by atoms with van der Waals surface area (Å²) >= 11 is 8.76. The zero-order chi connectivity index (χ0) is 20.4. The van der Waals surface area contributed by atoms with Crippen molar-refractivity contribution in [1.82, 2.24) is 9.55 Å². The van der Waals surface area contributed by atoms with E-state index in [0.717, 1.165) is 5.56 Å². The molecule has 0 aliphatic rings. The first kappa shape index (κ1) is 19.7. The van der Waals surface area contributed by atoms with Gasteiger partial charge in [-0.3, -0.25) is 14.2 Å². The van der Waals surface area contributed by atoms with Crippen LogP contribution in [-0.2, 0) is 4.79 Å². The van der Waals surface area contributed by atoms with Crippen LogP contribution in [0.4, 0.5) is 5.69 Å². The van der Waals surface area contributed by atoms with Gasteiger partial charge in [-0.15, -0.1) is 11.3 Å². The van der Waals surface area contributed by atoms with Gasteiger partial charge in [-0.1, -0.05) is 47.6 Å². The summed E-state index contributed by atoms with van der Waals surface area (Å²) in [6.07, 6.45) is 0. The maximum absolute atomic E-state index is 13.0. The van der Waals surface area contributed by atoms with Gasteiger partial charge in [0.2, 0.25) is 5.91 Å². The lowest BCUT2D eigenvalue weighted by Gasteiger charge is -2.12. The molecular weight excluding hydrogens is 426 g/mol. The van der Waals surface area contributed by atoms with Crippen molar-refractivity contribution in [3.05, 3.63) is 80.9 Å². The minimum absolute atomic E-state index is 0.0964. The fourth-order valence-electron chi connectivity index (χ4n) is 2.83. The normalized spacial score (nSPS) is 11.0. The number of carbonyl (C=O) groups excluding carboxylic acids is 1. The highest BCUT2D eigenvalue weighted by Gasteiger charge is 2.16. The molecule has 0 saturated carbocycles. The molecule has 8 heteroatoms. The molecule has 146 valence electrons. The molecule has 2 aromatic carbocycles. The maximum atomic E-state index is 13.0. The number of benzene rings is 2. The third-order valence-electron chi connectivity index (χ3n) is 4.19. The Balaban J connectivity index is 1.62. The number of para-hydroxylation sites is 1. The van der Waals surface area contributed by atoms with Crippen LogP contribution in [0.5, 0.6) is 0 Å². The first-order valence-electron chi connectivity index (χ1n) is 8.77. The van der Waals surface area contributed by atoms with Crippen LogP contribution in [-0.4, -0.2) is 21.2 Å². The lowest BCUT2D eigenvalue weighted by molar-refractivity contribution is -0.113. The van der Waals surface area contributed by atoms with Gasteiger partial charge in [-0.05, 0) is 48.2 Å². The maximum Gasteiger partial charge on any atom is 0.276 e. The Morgan fingerprint density at radius 2 is 2.00 bits per heavy atom. The second-order valence-electron chi connectivity index (χ2n) is 6.33. The van der Waals surface area contributed by atoms with Gasteiger partial charge in [0.25, 0.3) is 5.56 Å². The third-order valence-corrected chi connectivity index (χ3v) is 6.34. The molecule has 1 amide bonds. The lowest BCUT2D eigenvalue weighted by atomic mass is 10.2. The van der Waals surface area contributed by atoms with Gasteiger partial charge in [0.1, 0.15) is 4.70 Å². The first-order valence-corrected chi connectivity index (χ1v) is 11.0. The van der Waals surface area contributed by atoms with Crippen molar-refractivity contribution in [1.29, 1.82) is 0 Å². The summed E-state index contributed by atoms with van der Waals surface area (Å²) in [5.41, 5.74) is 2.79. The Morgan fingerprint density at radius 1 is 1.21 bits per heavy atom. The van der Waals surface area contributed by atoms with Crippen LogP contribution in [0.2, 0.25) is 5.02 Å². The molecule has 0 fully saturated rings. The van der Waals surface area contributed by atoms with E-state index in [1.54, 1.807) is 16.7 Å². The van der Waals surface area contributed by atoms with Gasteiger partial charge in [0.15, 0.2) is 5.16 Å². The number of nitrogens with one attached hydrogen (secondary N) is 1. The average molecular weight is 442 g/mol. The van der Waals surface area contributed by atoms with E-state index >= 15 is 0 Å². The topological polar surface area (TPSA) is 64.0 Å². The summed E-state index contributed by atoms with van der Waals surface area (Å²) in [6, 6.07) is 16.6. The molecule has 4 aromatic rings. The smallest absolute Gasteiger partial charge is 0.276 e. The number of thiophene rings is 1. The van der Waals surface area contributed by atoms with Crippen molar-refractivity contribution in [2.24, 2.45) is 0 Å². The van der Waals surface area contributed by atoms with Crippen LogP contribution < -0.4 is 10.9 Å². The van der Waals surface area contributed by atoms with Gasteiger partial charge >= 0.3 is 0 Å². The van der Waals surface area contributed by atoms with E-state index in [9.17, 15) is 9.59 Å². The minimum Gasteiger partial charge on any atom is -0.324 e. The molecule has 0 aliphatic heterocycles. The van der Waals surface area contributed by atoms with E-state index in [1.165, 1.54) is 23.1 Å². The summed E-state index contributed by atoms with van der Waals surface area (Å²) < 4.78 is 2.14. The zero-order valence-corrected chi connectivity index (χ0v) is 17.8. The van der Waals surface area contributed by atoms with Gasteiger partial charge in [-0.25, -0.2) is 4.98 Å². The quantitative estimate of drug-likeness (QED) is 0.344. The van der Waals surface area contributed by atoms with E-state index in [0.29, 0.717) is 31.8 Å². The number of fused-ring (bicyclic) bond motifs is 1. The van der Waals surface area contributed by atoms with Crippen molar-refractivity contribution in [2.45, 2.75) is 12.1 Å². The van der Waals surface area contributed by atoms with Crippen molar-refractivity contribution in [3.8, 4) is 5.69 Å². The van der Waals surface area contributed by atoms with E-state index in [1.807, 2.05) is 54.8 Å². The number of aromatic nitrogens is 2. The van der Waals surface area contributed by atoms with Crippen LogP contribution >= 0.6 is 34.7 Å². The molecule has 5 nitrogen and oxygen atoms in total. The third kappa shape index (κ3) is 4.22. The number of hydrogen-bond acceptors (Lipinski definition) is 5. The fourth-order valence-corrected chi connectivity index (χ4v) is 4.69. The largest absolute Gasteiger partial charge is 0.324 e. The number of carbonyl (C=O) groups is 1. The zero-order valence-electron chi connectivity index (χ0n) is 15.4. The van der Waals surface area contributed by atoms with Crippen molar-refractivity contribution in [3.63, 3.8) is 0 Å². The van der Waals surface area contributed by atoms with Crippen LogP contribution in [0.15, 0.2) is 69.9 Å². The number of aryl methyl sites for hydroxylation is 1. The standard InChI is InChI=1S/C21H16ClN3O2S2/c1-13-7-8-16(15(22)11-13)23-18(26)12-29-21-24-17-9-10-28-19(17)20(27)25(21)14-5-3-2-4-6-14/h2-11H,12H2,1H3,(H,23,26). The molecule has 0 atom stereocenters. The van der Waals surface area contributed by atoms with Crippen molar-refractivity contribution >= 4 is 56.5 Å². The number of halogens is 1. The second kappa shape index (κ2) is 8.41. The molecule has 0 spiro atoms. The molecular formula is C21H16ClN3O2S2. The predicted molar refractivity (Wildman–Crippen MR) is 121 cm³/mol. The molecule has 0 saturated heterocycles. The van der Waals surface area contributed by atoms with Gasteiger partial charge < -0.3 is 5.32 Å². The van der Waals surface area contributed by atoms with E-state index in [-0.39, 0.29) is 17.2 Å². The predicted octanol–water partition coefficient (Wildman–Crippen LogP) is 5.14. The van der Waals surface area contributed by atoms with Crippen molar-refractivity contribution in [2.75, 3.05) is 11.1 Å². The summed E-state index contributed by atoms with van der Waals surface area (Å²) in [5.74, 6) is -0.126. The minimum atomic E-state index is -0.222. The summed E-state index contributed by atoms with van der Waals surface area (Å²) in [6.45, 7) is 1.93. The summed E-state index contributed by atoms with van der Waals surface area (Å²) in [7, 11) is 0. The summed E-state index contributed by atoms with van der Waals surface area (Å²) in [5, 5.41) is 5.61. The SMILES string of the molecule is Cc1ccc(NC(=O)CSc2nc3ccsc3c(=O)n2-c2ccccc2)c(Cl)c1. The molecule has 0 aliphatic carbocycles. The molecule has 0 unspecified atom stereocenters. The van der Waals surface area contributed by atoms with Crippen LogP contribution in [0.3, 0.4) is 0 Å². The first-order chi connectivity index (χ1) is 14.0. The number of hydrogen-bond donors (Lipinski definition) is 1. The molecule has 2 heterocycles. The Hall–Kier alpha value is -2.61. The Labute approximate surface area is 180 Å². The molecule has 2 aromatic heterocycles. The Morgan fingerprint density at radius 3 is 2.76 bits per heavy atom. The fraction of sp³-hybridized carbons (Fsp3) is 0.0952. The summed E-state index contributed by atoms with van der Waals surface area (Å²) in [4.78, 5) is 30.1. The van der Waals surface area contributed by atoms with Gasteiger partial charge in [0.05, 0.1) is 27.7 Å². The number of thioether (sulfide) groups is 1. The molecule has 0 bridgehead atoms. The Bertz CT molecular complexity index is 1250. The van der Waals surface area contributed by atoms with E-state index in [4.69, 9.17) is 11.6 Å². The highest BCUT2D eigenvalue weighted by atomic mass is 35.5. The number of anilines is 1. The van der Waals surface area contributed by atoms with Crippen molar-refractivity contribution < 1.29 is 4.79 Å². The van der Waals surface area contributed by atoms with Crippen LogP contribution in [0.1, 0.15) is 5.56 Å². The van der Waals surface area contributed by atoms with E-state index < -0.39 is 0 Å². The molecule has 1 N–H and O–H groups in total. The molecule has 0 radical (unpaired) electrons. The monoisotopic (exact) mass is 441 g/mol. The highest BCUT2D eigenvalue weighted by Crippen LogP contribution is 2.25. The lowest BCUT2D eigenvalue weighted by Crippen LogP contribution is -2.22. The van der Waals surface area contributed by atoms with Crippen LogP contribution in [0, 0.1) is 6.92 Å².